The molecule has 0 unspecified atom stereocenters. The summed E-state index contributed by atoms with van der Waals surface area (Å²) in [5.41, 5.74) is 2.37. The van der Waals surface area contributed by atoms with E-state index in [0.29, 0.717) is 19.4 Å². The zero-order valence-corrected chi connectivity index (χ0v) is 11.8. The molecule has 0 aromatic heterocycles. The van der Waals surface area contributed by atoms with E-state index in [9.17, 15) is 4.79 Å². The van der Waals surface area contributed by atoms with Gasteiger partial charge < -0.3 is 4.74 Å². The van der Waals surface area contributed by atoms with Gasteiger partial charge in [-0.15, -0.1) is 0 Å². The molecule has 0 aliphatic rings. The van der Waals surface area contributed by atoms with E-state index in [0.717, 1.165) is 17.7 Å². The van der Waals surface area contributed by atoms with E-state index >= 15 is 0 Å². The maximum Gasteiger partial charge on any atom is 0.136 e. The number of hydrogen-bond acceptors (Lipinski definition) is 2. The van der Waals surface area contributed by atoms with Crippen LogP contribution < -0.4 is 4.74 Å². The lowest BCUT2D eigenvalue weighted by molar-refractivity contribution is -0.119. The smallest absolute Gasteiger partial charge is 0.136 e. The van der Waals surface area contributed by atoms with E-state index in [2.05, 4.69) is 12.1 Å². The van der Waals surface area contributed by atoms with Crippen molar-refractivity contribution in [3.05, 3.63) is 65.7 Å². The second-order valence-corrected chi connectivity index (χ2v) is 4.94. The molecule has 0 aliphatic carbocycles. The Morgan fingerprint density at radius 3 is 2.55 bits per heavy atom. The van der Waals surface area contributed by atoms with Crippen LogP contribution in [0.1, 0.15) is 24.0 Å². The van der Waals surface area contributed by atoms with E-state index in [1.807, 2.05) is 49.4 Å². The molecule has 0 N–H and O–H groups in total. The molecular formula is C18H20O2. The van der Waals surface area contributed by atoms with Crippen LogP contribution in [0, 0.1) is 6.92 Å². The number of Topliss-reactive ketones (excluding diaryl/α,β-unsaturated/α-hetero) is 1. The summed E-state index contributed by atoms with van der Waals surface area (Å²) >= 11 is 0. The largest absolute Gasteiger partial charge is 0.493 e. The Kier molecular flexibility index (Phi) is 5.36. The van der Waals surface area contributed by atoms with Gasteiger partial charge in [0.25, 0.3) is 0 Å². The van der Waals surface area contributed by atoms with Crippen molar-refractivity contribution in [2.75, 3.05) is 6.61 Å². The van der Waals surface area contributed by atoms with Crippen LogP contribution in [0.15, 0.2) is 54.6 Å². The molecule has 0 saturated heterocycles. The quantitative estimate of drug-likeness (QED) is 0.759. The standard InChI is InChI=1S/C18H20O2/c1-15-6-5-9-18(14-15)20-13-12-17(19)11-10-16-7-3-2-4-8-16/h2-9,14H,10-13H2,1H3. The number of rotatable bonds is 7. The number of ether oxygens (including phenoxy) is 1. The minimum atomic E-state index is 0.251. The second-order valence-electron chi connectivity index (χ2n) is 4.94. The fraction of sp³-hybridized carbons (Fsp3) is 0.278. The maximum absolute atomic E-state index is 11.8. The van der Waals surface area contributed by atoms with Gasteiger partial charge in [-0.1, -0.05) is 42.5 Å². The Labute approximate surface area is 120 Å². The van der Waals surface area contributed by atoms with Crippen LogP contribution in [0.4, 0.5) is 0 Å². The molecule has 0 bridgehead atoms. The van der Waals surface area contributed by atoms with Crippen molar-refractivity contribution in [3.8, 4) is 5.75 Å². The van der Waals surface area contributed by atoms with Gasteiger partial charge in [0.1, 0.15) is 11.5 Å². The number of ketones is 1. The molecule has 0 amide bonds. The third-order valence-corrected chi connectivity index (χ3v) is 3.17. The molecular weight excluding hydrogens is 248 g/mol. The summed E-state index contributed by atoms with van der Waals surface area (Å²) < 4.78 is 5.59. The molecule has 0 fully saturated rings. The van der Waals surface area contributed by atoms with E-state index in [1.54, 1.807) is 0 Å². The summed E-state index contributed by atoms with van der Waals surface area (Å²) in [6.45, 7) is 2.48. The molecule has 2 aromatic carbocycles. The number of benzene rings is 2. The molecule has 2 aromatic rings. The molecule has 0 atom stereocenters. The molecule has 2 nitrogen and oxygen atoms in total. The number of aryl methyl sites for hydroxylation is 2. The van der Waals surface area contributed by atoms with Crippen LogP contribution in [0.2, 0.25) is 0 Å². The maximum atomic E-state index is 11.8. The summed E-state index contributed by atoms with van der Waals surface area (Å²) in [6.07, 6.45) is 1.87. The monoisotopic (exact) mass is 268 g/mol. The molecule has 104 valence electrons. The van der Waals surface area contributed by atoms with Crippen molar-refractivity contribution >= 4 is 5.78 Å². The van der Waals surface area contributed by atoms with Crippen LogP contribution in [-0.2, 0) is 11.2 Å². The van der Waals surface area contributed by atoms with Gasteiger partial charge in [-0.2, -0.15) is 0 Å². The third-order valence-electron chi connectivity index (χ3n) is 3.17. The predicted octanol–water partition coefficient (Wildman–Crippen LogP) is 3.97. The Morgan fingerprint density at radius 1 is 1.00 bits per heavy atom. The lowest BCUT2D eigenvalue weighted by Gasteiger charge is -2.06. The topological polar surface area (TPSA) is 26.3 Å². The fourth-order valence-electron chi connectivity index (χ4n) is 2.04. The van der Waals surface area contributed by atoms with Crippen molar-refractivity contribution in [1.29, 1.82) is 0 Å². The van der Waals surface area contributed by atoms with Crippen LogP contribution >= 0.6 is 0 Å². The second kappa shape index (κ2) is 7.49. The molecule has 0 spiro atoms. The summed E-state index contributed by atoms with van der Waals surface area (Å²) in [6, 6.07) is 18.0. The molecule has 20 heavy (non-hydrogen) atoms. The van der Waals surface area contributed by atoms with E-state index in [1.165, 1.54) is 5.56 Å². The predicted molar refractivity (Wildman–Crippen MR) is 81.1 cm³/mol. The Morgan fingerprint density at radius 2 is 1.80 bits per heavy atom. The highest BCUT2D eigenvalue weighted by molar-refractivity contribution is 5.78. The van der Waals surface area contributed by atoms with Crippen molar-refractivity contribution < 1.29 is 9.53 Å². The Balaban J connectivity index is 1.68. The summed E-state index contributed by atoms with van der Waals surface area (Å²) in [5.74, 6) is 1.09. The van der Waals surface area contributed by atoms with Crippen LogP contribution in [0.3, 0.4) is 0 Å². The first-order chi connectivity index (χ1) is 9.74. The molecule has 2 heteroatoms. The van der Waals surface area contributed by atoms with E-state index in [-0.39, 0.29) is 5.78 Å². The lowest BCUT2D eigenvalue weighted by atomic mass is 10.1. The van der Waals surface area contributed by atoms with Crippen LogP contribution in [0.25, 0.3) is 0 Å². The number of carbonyl (C=O) groups excluding carboxylic acids is 1. The Hall–Kier alpha value is -2.09. The molecule has 0 heterocycles. The number of carbonyl (C=O) groups is 1. The van der Waals surface area contributed by atoms with Gasteiger partial charge >= 0.3 is 0 Å². The van der Waals surface area contributed by atoms with Gasteiger partial charge in [-0.3, -0.25) is 4.79 Å². The van der Waals surface area contributed by atoms with Crippen LogP contribution in [-0.4, -0.2) is 12.4 Å². The minimum Gasteiger partial charge on any atom is -0.493 e. The zero-order chi connectivity index (χ0) is 14.2. The third kappa shape index (κ3) is 4.88. The first kappa shape index (κ1) is 14.3. The molecule has 0 radical (unpaired) electrons. The summed E-state index contributed by atoms with van der Waals surface area (Å²) in [7, 11) is 0. The first-order valence-electron chi connectivity index (χ1n) is 6.99. The average Bonchev–Trinajstić information content (AvgIpc) is 2.46. The molecule has 0 aliphatic heterocycles. The van der Waals surface area contributed by atoms with Gasteiger partial charge in [-0.25, -0.2) is 0 Å². The van der Waals surface area contributed by atoms with Gasteiger partial charge in [-0.05, 0) is 36.6 Å². The highest BCUT2D eigenvalue weighted by Crippen LogP contribution is 2.12. The SMILES string of the molecule is Cc1cccc(OCCC(=O)CCc2ccccc2)c1. The van der Waals surface area contributed by atoms with Crippen LogP contribution in [0.5, 0.6) is 5.75 Å². The molecule has 0 saturated carbocycles. The van der Waals surface area contributed by atoms with Gasteiger partial charge in [0.15, 0.2) is 0 Å². The summed E-state index contributed by atoms with van der Waals surface area (Å²) in [4.78, 5) is 11.8. The van der Waals surface area contributed by atoms with Crippen molar-refractivity contribution in [3.63, 3.8) is 0 Å². The lowest BCUT2D eigenvalue weighted by Crippen LogP contribution is -2.07. The van der Waals surface area contributed by atoms with Crippen molar-refractivity contribution in [1.82, 2.24) is 0 Å². The highest BCUT2D eigenvalue weighted by Gasteiger charge is 2.03. The fourth-order valence-corrected chi connectivity index (χ4v) is 2.04. The Bertz CT molecular complexity index is 546. The van der Waals surface area contributed by atoms with E-state index < -0.39 is 0 Å². The normalized spacial score (nSPS) is 10.2. The van der Waals surface area contributed by atoms with Gasteiger partial charge in [0, 0.05) is 12.8 Å². The van der Waals surface area contributed by atoms with Gasteiger partial charge in [0.2, 0.25) is 0 Å². The van der Waals surface area contributed by atoms with Crippen molar-refractivity contribution in [2.45, 2.75) is 26.2 Å². The number of hydrogen-bond donors (Lipinski definition) is 0. The average molecular weight is 268 g/mol. The van der Waals surface area contributed by atoms with E-state index in [4.69, 9.17) is 4.74 Å². The van der Waals surface area contributed by atoms with Crippen molar-refractivity contribution in [2.24, 2.45) is 0 Å². The minimum absolute atomic E-state index is 0.251. The summed E-state index contributed by atoms with van der Waals surface area (Å²) in [5, 5.41) is 0. The van der Waals surface area contributed by atoms with Gasteiger partial charge in [0.05, 0.1) is 6.61 Å². The first-order valence-corrected chi connectivity index (χ1v) is 6.99. The molecule has 2 rings (SSSR count). The highest BCUT2D eigenvalue weighted by atomic mass is 16.5. The zero-order valence-electron chi connectivity index (χ0n) is 11.8.